The lowest BCUT2D eigenvalue weighted by Crippen LogP contribution is -2.54. The standard InChI is InChI=1S/C13H17FN2O3/c1-19-12-3-2-9(6-10(12)14)8-16-5-4-15-7-11(16)13(17)18/h2-3,6,11,15H,4-5,7-8H2,1H3,(H,17,18). The molecular weight excluding hydrogens is 251 g/mol. The number of rotatable bonds is 4. The van der Waals surface area contributed by atoms with Gasteiger partial charge in [-0.2, -0.15) is 0 Å². The molecule has 1 aromatic rings. The first-order chi connectivity index (χ1) is 9.11. The van der Waals surface area contributed by atoms with Crippen molar-refractivity contribution >= 4 is 5.97 Å². The summed E-state index contributed by atoms with van der Waals surface area (Å²) in [6.45, 7) is 2.20. The van der Waals surface area contributed by atoms with Crippen molar-refractivity contribution in [3.8, 4) is 5.75 Å². The monoisotopic (exact) mass is 268 g/mol. The fourth-order valence-electron chi connectivity index (χ4n) is 2.22. The topological polar surface area (TPSA) is 61.8 Å². The van der Waals surface area contributed by atoms with Gasteiger partial charge in [0.1, 0.15) is 6.04 Å². The van der Waals surface area contributed by atoms with Gasteiger partial charge in [-0.15, -0.1) is 0 Å². The predicted octanol–water partition coefficient (Wildman–Crippen LogP) is 0.693. The fraction of sp³-hybridized carbons (Fsp3) is 0.462. The summed E-state index contributed by atoms with van der Waals surface area (Å²) in [5, 5.41) is 12.2. The lowest BCUT2D eigenvalue weighted by molar-refractivity contribution is -0.144. The van der Waals surface area contributed by atoms with E-state index in [1.165, 1.54) is 13.2 Å². The van der Waals surface area contributed by atoms with E-state index in [1.54, 1.807) is 12.1 Å². The summed E-state index contributed by atoms with van der Waals surface area (Å²) in [6.07, 6.45) is 0. The van der Waals surface area contributed by atoms with Crippen molar-refractivity contribution in [2.75, 3.05) is 26.7 Å². The molecule has 2 rings (SSSR count). The number of ether oxygens (including phenoxy) is 1. The molecule has 6 heteroatoms. The molecular formula is C13H17FN2O3. The third kappa shape index (κ3) is 3.21. The molecule has 1 atom stereocenters. The molecule has 1 fully saturated rings. The van der Waals surface area contributed by atoms with E-state index in [4.69, 9.17) is 9.84 Å². The third-order valence-electron chi connectivity index (χ3n) is 3.24. The van der Waals surface area contributed by atoms with Gasteiger partial charge in [-0.25, -0.2) is 4.39 Å². The van der Waals surface area contributed by atoms with Gasteiger partial charge < -0.3 is 15.2 Å². The first kappa shape index (κ1) is 13.8. The Hall–Kier alpha value is -1.66. The van der Waals surface area contributed by atoms with E-state index in [2.05, 4.69) is 5.32 Å². The molecule has 0 radical (unpaired) electrons. The molecule has 1 aromatic carbocycles. The van der Waals surface area contributed by atoms with Crippen LogP contribution in [-0.2, 0) is 11.3 Å². The Kier molecular flexibility index (Phi) is 4.34. The Balaban J connectivity index is 2.10. The number of nitrogens with zero attached hydrogens (tertiary/aromatic N) is 1. The number of carboxylic acids is 1. The smallest absolute Gasteiger partial charge is 0.322 e. The van der Waals surface area contributed by atoms with E-state index in [0.29, 0.717) is 19.6 Å². The van der Waals surface area contributed by atoms with Crippen molar-refractivity contribution < 1.29 is 19.0 Å². The van der Waals surface area contributed by atoms with Gasteiger partial charge in [0, 0.05) is 26.2 Å². The molecule has 2 N–H and O–H groups in total. The quantitative estimate of drug-likeness (QED) is 0.841. The molecule has 0 saturated carbocycles. The Morgan fingerprint density at radius 2 is 2.42 bits per heavy atom. The molecule has 104 valence electrons. The Bertz CT molecular complexity index is 467. The first-order valence-corrected chi connectivity index (χ1v) is 6.12. The average molecular weight is 268 g/mol. The second-order valence-electron chi connectivity index (χ2n) is 4.50. The van der Waals surface area contributed by atoms with E-state index in [1.807, 2.05) is 4.90 Å². The van der Waals surface area contributed by atoms with Crippen molar-refractivity contribution in [2.45, 2.75) is 12.6 Å². The van der Waals surface area contributed by atoms with E-state index >= 15 is 0 Å². The number of aliphatic carboxylic acids is 1. The molecule has 5 nitrogen and oxygen atoms in total. The Morgan fingerprint density at radius 1 is 1.63 bits per heavy atom. The van der Waals surface area contributed by atoms with Crippen molar-refractivity contribution in [1.29, 1.82) is 0 Å². The zero-order valence-corrected chi connectivity index (χ0v) is 10.7. The van der Waals surface area contributed by atoms with Crippen LogP contribution >= 0.6 is 0 Å². The maximum atomic E-state index is 13.6. The zero-order valence-electron chi connectivity index (χ0n) is 10.7. The summed E-state index contributed by atoms with van der Waals surface area (Å²) in [6, 6.07) is 4.13. The SMILES string of the molecule is COc1ccc(CN2CCNCC2C(=O)O)cc1F. The van der Waals surface area contributed by atoms with Crippen LogP contribution in [0.1, 0.15) is 5.56 Å². The summed E-state index contributed by atoms with van der Waals surface area (Å²) in [4.78, 5) is 13.0. The average Bonchev–Trinajstić information content (AvgIpc) is 2.39. The molecule has 0 amide bonds. The fourth-order valence-corrected chi connectivity index (χ4v) is 2.22. The van der Waals surface area contributed by atoms with Crippen LogP contribution in [0.3, 0.4) is 0 Å². The zero-order chi connectivity index (χ0) is 13.8. The summed E-state index contributed by atoms with van der Waals surface area (Å²) in [7, 11) is 1.41. The molecule has 1 unspecified atom stereocenters. The van der Waals surface area contributed by atoms with Crippen LogP contribution in [0.4, 0.5) is 4.39 Å². The van der Waals surface area contributed by atoms with Crippen molar-refractivity contribution in [3.63, 3.8) is 0 Å². The molecule has 1 aliphatic rings. The van der Waals surface area contributed by atoms with E-state index < -0.39 is 17.8 Å². The van der Waals surface area contributed by atoms with Crippen molar-refractivity contribution in [2.24, 2.45) is 0 Å². The van der Waals surface area contributed by atoms with Gasteiger partial charge in [0.15, 0.2) is 11.6 Å². The number of hydrogen-bond acceptors (Lipinski definition) is 4. The van der Waals surface area contributed by atoms with Gasteiger partial charge in [0.25, 0.3) is 0 Å². The third-order valence-corrected chi connectivity index (χ3v) is 3.24. The highest BCUT2D eigenvalue weighted by Crippen LogP contribution is 2.19. The van der Waals surface area contributed by atoms with Crippen LogP contribution in [-0.4, -0.2) is 48.8 Å². The highest BCUT2D eigenvalue weighted by Gasteiger charge is 2.28. The Morgan fingerprint density at radius 3 is 3.05 bits per heavy atom. The van der Waals surface area contributed by atoms with Gasteiger partial charge in [0.2, 0.25) is 0 Å². The maximum absolute atomic E-state index is 13.6. The summed E-state index contributed by atoms with van der Waals surface area (Å²) < 4.78 is 18.4. The number of carboxylic acid groups (broad SMARTS) is 1. The van der Waals surface area contributed by atoms with Gasteiger partial charge >= 0.3 is 5.97 Å². The largest absolute Gasteiger partial charge is 0.494 e. The minimum atomic E-state index is -0.860. The second kappa shape index (κ2) is 5.99. The highest BCUT2D eigenvalue weighted by atomic mass is 19.1. The van der Waals surface area contributed by atoms with Gasteiger partial charge in [0.05, 0.1) is 7.11 Å². The second-order valence-corrected chi connectivity index (χ2v) is 4.50. The van der Waals surface area contributed by atoms with E-state index in [-0.39, 0.29) is 5.75 Å². The molecule has 0 bridgehead atoms. The predicted molar refractivity (Wildman–Crippen MR) is 67.7 cm³/mol. The van der Waals surface area contributed by atoms with Crippen LogP contribution < -0.4 is 10.1 Å². The lowest BCUT2D eigenvalue weighted by atomic mass is 10.1. The van der Waals surface area contributed by atoms with Crippen LogP contribution in [0, 0.1) is 5.82 Å². The molecule has 0 spiro atoms. The highest BCUT2D eigenvalue weighted by molar-refractivity contribution is 5.74. The number of carbonyl (C=O) groups is 1. The number of methoxy groups -OCH3 is 1. The van der Waals surface area contributed by atoms with Crippen LogP contribution in [0.25, 0.3) is 0 Å². The molecule has 1 aliphatic heterocycles. The van der Waals surface area contributed by atoms with Gasteiger partial charge in [-0.05, 0) is 17.7 Å². The van der Waals surface area contributed by atoms with Crippen LogP contribution in [0.15, 0.2) is 18.2 Å². The lowest BCUT2D eigenvalue weighted by Gasteiger charge is -2.33. The van der Waals surface area contributed by atoms with Crippen molar-refractivity contribution in [3.05, 3.63) is 29.6 Å². The number of benzene rings is 1. The van der Waals surface area contributed by atoms with Crippen LogP contribution in [0.2, 0.25) is 0 Å². The minimum Gasteiger partial charge on any atom is -0.494 e. The van der Waals surface area contributed by atoms with Gasteiger partial charge in [-0.1, -0.05) is 6.07 Å². The molecule has 0 aliphatic carbocycles. The summed E-state index contributed by atoms with van der Waals surface area (Å²) >= 11 is 0. The normalized spacial score (nSPS) is 20.2. The summed E-state index contributed by atoms with van der Waals surface area (Å²) in [5.41, 5.74) is 0.742. The first-order valence-electron chi connectivity index (χ1n) is 6.12. The van der Waals surface area contributed by atoms with E-state index in [9.17, 15) is 9.18 Å². The van der Waals surface area contributed by atoms with Gasteiger partial charge in [-0.3, -0.25) is 9.69 Å². The number of hydrogen-bond donors (Lipinski definition) is 2. The number of nitrogens with one attached hydrogen (secondary N) is 1. The number of piperazine rings is 1. The molecule has 1 saturated heterocycles. The molecule has 0 aromatic heterocycles. The molecule has 1 heterocycles. The van der Waals surface area contributed by atoms with Crippen LogP contribution in [0.5, 0.6) is 5.75 Å². The minimum absolute atomic E-state index is 0.193. The molecule has 19 heavy (non-hydrogen) atoms. The Labute approximate surface area is 111 Å². The van der Waals surface area contributed by atoms with E-state index in [0.717, 1.165) is 12.1 Å². The van der Waals surface area contributed by atoms with Crippen molar-refractivity contribution in [1.82, 2.24) is 10.2 Å². The maximum Gasteiger partial charge on any atom is 0.322 e. The number of halogens is 1. The summed E-state index contributed by atoms with van der Waals surface area (Å²) in [5.74, 6) is -1.10.